The monoisotopic (exact) mass is 463 g/mol. The van der Waals surface area contributed by atoms with Crippen LogP contribution in [0.1, 0.15) is 47.5 Å². The number of nitrogens with zero attached hydrogens (tertiary/aromatic N) is 4. The van der Waals surface area contributed by atoms with Crippen LogP contribution in [-0.4, -0.2) is 47.7 Å². The van der Waals surface area contributed by atoms with Crippen molar-refractivity contribution < 1.29 is 9.90 Å². The summed E-state index contributed by atoms with van der Waals surface area (Å²) in [7, 11) is 0. The van der Waals surface area contributed by atoms with Crippen LogP contribution in [0.25, 0.3) is 22.3 Å². The highest BCUT2D eigenvalue weighted by atomic mass is 32.1. The number of nitrogens with one attached hydrogen (secondary N) is 3. The molecule has 168 valence electrons. The number of hydrogen-bond acceptors (Lipinski definition) is 7. The lowest BCUT2D eigenvalue weighted by atomic mass is 9.93. The zero-order valence-electron chi connectivity index (χ0n) is 17.5. The summed E-state index contributed by atoms with van der Waals surface area (Å²) in [6, 6.07) is 6.16. The van der Waals surface area contributed by atoms with Gasteiger partial charge in [-0.2, -0.15) is 9.61 Å². The van der Waals surface area contributed by atoms with Gasteiger partial charge in [0.2, 0.25) is 5.88 Å². The molecule has 6 rings (SSSR count). The van der Waals surface area contributed by atoms with Crippen molar-refractivity contribution in [1.29, 1.82) is 0 Å². The molecule has 0 spiro atoms. The van der Waals surface area contributed by atoms with Gasteiger partial charge in [0.1, 0.15) is 5.69 Å². The standard InChI is InChI=1S/C22H21N7O3S/c30-20-15(27-22(32)28-20)8-11-10-23-29-18(24-13-4-5-13)9-14(26-19(11)29)16-6-7-17(33-16)21(31)25-12-2-1-3-12/h6-10,12-13,30H,1-5H2,(H,25,31)(H2,27,28,32)/b11-8-,24-18?. The summed E-state index contributed by atoms with van der Waals surface area (Å²) in [6.07, 6.45) is 8.56. The first kappa shape index (κ1) is 19.9. The van der Waals surface area contributed by atoms with Crippen LogP contribution in [0.5, 0.6) is 5.88 Å². The molecule has 4 aromatic heterocycles. The summed E-state index contributed by atoms with van der Waals surface area (Å²) in [4.78, 5) is 40.0. The molecule has 2 aliphatic carbocycles. The number of H-pyrrole nitrogens is 2. The first-order valence-corrected chi connectivity index (χ1v) is 11.7. The fourth-order valence-corrected chi connectivity index (χ4v) is 4.60. The van der Waals surface area contributed by atoms with E-state index in [0.29, 0.717) is 26.9 Å². The Kier molecular flexibility index (Phi) is 4.64. The summed E-state index contributed by atoms with van der Waals surface area (Å²) in [5, 5.41) is 18.1. The maximum absolute atomic E-state index is 12.6. The van der Waals surface area contributed by atoms with Crippen LogP contribution in [0.2, 0.25) is 0 Å². The van der Waals surface area contributed by atoms with E-state index in [4.69, 9.17) is 9.98 Å². The fourth-order valence-electron chi connectivity index (χ4n) is 3.73. The first-order chi connectivity index (χ1) is 16.0. The normalized spacial score (nSPS) is 17.6. The second kappa shape index (κ2) is 7.69. The van der Waals surface area contributed by atoms with E-state index in [-0.39, 0.29) is 29.6 Å². The summed E-state index contributed by atoms with van der Waals surface area (Å²) < 4.78 is 1.66. The van der Waals surface area contributed by atoms with E-state index in [1.54, 1.807) is 16.8 Å². The third kappa shape index (κ3) is 3.84. The minimum Gasteiger partial charge on any atom is -0.493 e. The van der Waals surface area contributed by atoms with Crippen molar-refractivity contribution in [2.45, 2.75) is 44.2 Å². The Balaban J connectivity index is 1.45. The number of carbonyl (C=O) groups excluding carboxylic acids is 1. The van der Waals surface area contributed by atoms with Gasteiger partial charge in [-0.1, -0.05) is 0 Å². The van der Waals surface area contributed by atoms with E-state index in [2.05, 4.69) is 20.4 Å². The van der Waals surface area contributed by atoms with Crippen molar-refractivity contribution in [2.75, 3.05) is 0 Å². The molecule has 1 amide bonds. The quantitative estimate of drug-likeness (QED) is 0.350. The average Bonchev–Trinajstić information content (AvgIpc) is 3.15. The molecule has 11 heteroatoms. The van der Waals surface area contributed by atoms with Crippen LogP contribution < -0.4 is 21.7 Å². The van der Waals surface area contributed by atoms with Gasteiger partial charge in [-0.25, -0.2) is 9.78 Å². The Morgan fingerprint density at radius 2 is 2.12 bits per heavy atom. The van der Waals surface area contributed by atoms with Crippen molar-refractivity contribution in [3.8, 4) is 16.5 Å². The fraction of sp³-hybridized carbons (Fsp3) is 0.318. The van der Waals surface area contributed by atoms with E-state index < -0.39 is 5.69 Å². The number of aromatic amines is 2. The topological polar surface area (TPSA) is 141 Å². The first-order valence-electron chi connectivity index (χ1n) is 10.9. The number of thiophene rings is 1. The third-order valence-corrected chi connectivity index (χ3v) is 7.01. The second-order valence-corrected chi connectivity index (χ2v) is 9.53. The molecule has 4 heterocycles. The SMILES string of the molecule is O=C(NC1CCC1)c1ccc(-c2cc(=NC3CC3)n3nc/c(=C/c4[nH]c(=O)[nH]c4O)c3n2)s1. The third-order valence-electron chi connectivity index (χ3n) is 5.90. The molecule has 0 saturated heterocycles. The Bertz CT molecular complexity index is 1550. The van der Waals surface area contributed by atoms with Gasteiger partial charge in [0.15, 0.2) is 11.1 Å². The van der Waals surface area contributed by atoms with Gasteiger partial charge < -0.3 is 15.4 Å². The summed E-state index contributed by atoms with van der Waals surface area (Å²) in [5.74, 6) is -0.302. The predicted octanol–water partition coefficient (Wildman–Crippen LogP) is 1.07. The number of hydrogen-bond donors (Lipinski definition) is 4. The smallest absolute Gasteiger partial charge is 0.326 e. The number of aromatic nitrogens is 5. The van der Waals surface area contributed by atoms with E-state index in [1.807, 2.05) is 18.2 Å². The van der Waals surface area contributed by atoms with Crippen LogP contribution in [0.3, 0.4) is 0 Å². The molecule has 4 aromatic rings. The van der Waals surface area contributed by atoms with Crippen molar-refractivity contribution in [2.24, 2.45) is 4.99 Å². The predicted molar refractivity (Wildman–Crippen MR) is 122 cm³/mol. The largest absolute Gasteiger partial charge is 0.493 e. The maximum atomic E-state index is 12.6. The maximum Gasteiger partial charge on any atom is 0.326 e. The van der Waals surface area contributed by atoms with Crippen molar-refractivity contribution in [1.82, 2.24) is 29.9 Å². The summed E-state index contributed by atoms with van der Waals surface area (Å²) in [6.45, 7) is 0. The highest BCUT2D eigenvalue weighted by molar-refractivity contribution is 7.17. The number of rotatable bonds is 5. The van der Waals surface area contributed by atoms with Gasteiger partial charge in [0.25, 0.3) is 5.91 Å². The van der Waals surface area contributed by atoms with E-state index >= 15 is 0 Å². The molecule has 0 aliphatic heterocycles. The van der Waals surface area contributed by atoms with Crippen LogP contribution in [0, 0.1) is 0 Å². The van der Waals surface area contributed by atoms with Gasteiger partial charge in [-0.15, -0.1) is 11.3 Å². The van der Waals surface area contributed by atoms with Gasteiger partial charge >= 0.3 is 5.69 Å². The number of amides is 1. The Morgan fingerprint density at radius 1 is 1.27 bits per heavy atom. The highest BCUT2D eigenvalue weighted by Gasteiger charge is 2.22. The molecule has 0 radical (unpaired) electrons. The van der Waals surface area contributed by atoms with Gasteiger partial charge in [-0.3, -0.25) is 14.8 Å². The van der Waals surface area contributed by atoms with Crippen LogP contribution in [-0.2, 0) is 0 Å². The number of fused-ring (bicyclic) bond motifs is 1. The molecule has 10 nitrogen and oxygen atoms in total. The summed E-state index contributed by atoms with van der Waals surface area (Å²) in [5.41, 5.74) is 1.66. The molecule has 0 aromatic carbocycles. The summed E-state index contributed by atoms with van der Waals surface area (Å²) >= 11 is 1.39. The molecule has 0 atom stereocenters. The lowest BCUT2D eigenvalue weighted by Crippen LogP contribution is -2.39. The van der Waals surface area contributed by atoms with Gasteiger partial charge in [0.05, 0.1) is 27.7 Å². The number of imidazole rings is 1. The second-order valence-electron chi connectivity index (χ2n) is 8.45. The van der Waals surface area contributed by atoms with Crippen molar-refractivity contribution >= 4 is 29.0 Å². The van der Waals surface area contributed by atoms with Crippen LogP contribution in [0.4, 0.5) is 0 Å². The molecular formula is C22H21N7O3S. The molecule has 2 fully saturated rings. The minimum atomic E-state index is -0.500. The number of aromatic hydroxyl groups is 1. The Hall–Kier alpha value is -3.73. The zero-order valence-corrected chi connectivity index (χ0v) is 18.4. The molecule has 4 N–H and O–H groups in total. The van der Waals surface area contributed by atoms with Crippen molar-refractivity contribution in [3.05, 3.63) is 56.2 Å². The minimum absolute atomic E-state index is 0.0508. The lowest BCUT2D eigenvalue weighted by Gasteiger charge is -2.25. The molecular weight excluding hydrogens is 442 g/mol. The lowest BCUT2D eigenvalue weighted by molar-refractivity contribution is 0.0921. The highest BCUT2D eigenvalue weighted by Crippen LogP contribution is 2.28. The Labute approximate surface area is 190 Å². The van der Waals surface area contributed by atoms with E-state index in [1.165, 1.54) is 11.3 Å². The van der Waals surface area contributed by atoms with Gasteiger partial charge in [0, 0.05) is 17.3 Å². The van der Waals surface area contributed by atoms with Crippen molar-refractivity contribution in [3.63, 3.8) is 0 Å². The van der Waals surface area contributed by atoms with Crippen LogP contribution >= 0.6 is 11.3 Å². The molecule has 0 bridgehead atoms. The molecule has 0 unspecified atom stereocenters. The zero-order chi connectivity index (χ0) is 22.5. The van der Waals surface area contributed by atoms with E-state index in [9.17, 15) is 14.7 Å². The molecule has 2 saturated carbocycles. The molecule has 33 heavy (non-hydrogen) atoms. The number of carbonyl (C=O) groups is 1. The Morgan fingerprint density at radius 3 is 2.82 bits per heavy atom. The van der Waals surface area contributed by atoms with Gasteiger partial charge in [-0.05, 0) is 50.3 Å². The van der Waals surface area contributed by atoms with Crippen LogP contribution in [0.15, 0.2) is 34.2 Å². The average molecular weight is 464 g/mol. The van der Waals surface area contributed by atoms with E-state index in [0.717, 1.165) is 37.0 Å². The molecule has 2 aliphatic rings.